The number of carbonyl (C=O) groups is 1. The van der Waals surface area contributed by atoms with Crippen LogP contribution in [0.3, 0.4) is 0 Å². The average molecular weight is 275 g/mol. The quantitative estimate of drug-likeness (QED) is 0.793. The Morgan fingerprint density at radius 3 is 3.10 bits per heavy atom. The van der Waals surface area contributed by atoms with Crippen molar-refractivity contribution < 1.29 is 14.3 Å². The van der Waals surface area contributed by atoms with Crippen molar-refractivity contribution in [1.29, 1.82) is 0 Å². The third-order valence-corrected chi connectivity index (χ3v) is 4.34. The van der Waals surface area contributed by atoms with Crippen LogP contribution in [0.4, 0.5) is 0 Å². The van der Waals surface area contributed by atoms with Crippen molar-refractivity contribution in [3.63, 3.8) is 0 Å². The van der Waals surface area contributed by atoms with Crippen LogP contribution >= 0.6 is 0 Å². The molecule has 0 aromatic heterocycles. The van der Waals surface area contributed by atoms with E-state index in [1.54, 1.807) is 0 Å². The predicted molar refractivity (Wildman–Crippen MR) is 75.9 cm³/mol. The predicted octanol–water partition coefficient (Wildman–Crippen LogP) is 2.19. The van der Waals surface area contributed by atoms with Crippen LogP contribution in [0.25, 0.3) is 0 Å². The molecule has 0 spiro atoms. The molecule has 1 aromatic rings. The van der Waals surface area contributed by atoms with Gasteiger partial charge in [0.25, 0.3) is 0 Å². The van der Waals surface area contributed by atoms with Gasteiger partial charge in [0.05, 0.1) is 13.7 Å². The fourth-order valence-corrected chi connectivity index (χ4v) is 3.28. The molecule has 108 valence electrons. The molecule has 1 unspecified atom stereocenters. The maximum atomic E-state index is 11.9. The first-order valence-electron chi connectivity index (χ1n) is 7.33. The number of hydrogen-bond acceptors (Lipinski definition) is 4. The van der Waals surface area contributed by atoms with Gasteiger partial charge in [0.15, 0.2) is 0 Å². The minimum Gasteiger partial charge on any atom is -0.493 e. The van der Waals surface area contributed by atoms with E-state index in [1.807, 2.05) is 12.1 Å². The molecule has 0 amide bonds. The van der Waals surface area contributed by atoms with E-state index < -0.39 is 0 Å². The summed E-state index contributed by atoms with van der Waals surface area (Å²) in [7, 11) is 1.48. The first kappa shape index (κ1) is 13.4. The number of piperidine rings is 1. The highest BCUT2D eigenvalue weighted by Gasteiger charge is 2.33. The van der Waals surface area contributed by atoms with E-state index in [0.717, 1.165) is 38.1 Å². The van der Waals surface area contributed by atoms with Crippen molar-refractivity contribution in [2.45, 2.75) is 31.2 Å². The molecule has 2 aliphatic rings. The average Bonchev–Trinajstić information content (AvgIpc) is 2.90. The zero-order valence-corrected chi connectivity index (χ0v) is 11.9. The zero-order chi connectivity index (χ0) is 13.9. The highest BCUT2D eigenvalue weighted by atomic mass is 16.5. The molecule has 0 radical (unpaired) electrons. The molecule has 20 heavy (non-hydrogen) atoms. The Labute approximate surface area is 119 Å². The minimum absolute atomic E-state index is 0.0819. The summed E-state index contributed by atoms with van der Waals surface area (Å²) in [6, 6.07) is 8.11. The Hall–Kier alpha value is -1.55. The monoisotopic (exact) mass is 275 g/mol. The van der Waals surface area contributed by atoms with E-state index >= 15 is 0 Å². The number of hydrogen-bond donors (Lipinski definition) is 0. The summed E-state index contributed by atoms with van der Waals surface area (Å²) in [5.41, 5.74) is 1.27. The van der Waals surface area contributed by atoms with Crippen molar-refractivity contribution >= 4 is 5.97 Å². The van der Waals surface area contributed by atoms with E-state index in [0.29, 0.717) is 12.5 Å². The summed E-state index contributed by atoms with van der Waals surface area (Å²) >= 11 is 0. The van der Waals surface area contributed by atoms with E-state index in [-0.39, 0.29) is 12.0 Å². The Kier molecular flexibility index (Phi) is 3.92. The normalized spacial score (nSPS) is 25.9. The van der Waals surface area contributed by atoms with E-state index in [9.17, 15) is 4.79 Å². The molecule has 2 aliphatic heterocycles. The Balaban J connectivity index is 1.72. The number of rotatable bonds is 3. The SMILES string of the molecule is COC(=O)[C@H]1CCCCN1CC1COc2ccccc21. The summed E-state index contributed by atoms with van der Waals surface area (Å²) in [6.45, 7) is 2.55. The van der Waals surface area contributed by atoms with Gasteiger partial charge in [-0.05, 0) is 25.5 Å². The fraction of sp³-hybridized carbons (Fsp3) is 0.562. The molecule has 1 aromatic carbocycles. The van der Waals surface area contributed by atoms with Crippen molar-refractivity contribution in [2.75, 3.05) is 26.8 Å². The molecule has 2 heterocycles. The number of para-hydroxylation sites is 1. The molecule has 4 heteroatoms. The van der Waals surface area contributed by atoms with Gasteiger partial charge >= 0.3 is 5.97 Å². The minimum atomic E-state index is -0.100. The topological polar surface area (TPSA) is 38.8 Å². The second kappa shape index (κ2) is 5.83. The van der Waals surface area contributed by atoms with Crippen LogP contribution in [-0.2, 0) is 9.53 Å². The van der Waals surface area contributed by atoms with Crippen molar-refractivity contribution in [3.05, 3.63) is 29.8 Å². The van der Waals surface area contributed by atoms with Gasteiger partial charge in [0.2, 0.25) is 0 Å². The second-order valence-electron chi connectivity index (χ2n) is 5.58. The fourth-order valence-electron chi connectivity index (χ4n) is 3.28. The smallest absolute Gasteiger partial charge is 0.323 e. The molecular weight excluding hydrogens is 254 g/mol. The van der Waals surface area contributed by atoms with Crippen LogP contribution < -0.4 is 4.74 Å². The van der Waals surface area contributed by atoms with Gasteiger partial charge in [-0.3, -0.25) is 9.69 Å². The van der Waals surface area contributed by atoms with Gasteiger partial charge in [-0.25, -0.2) is 0 Å². The van der Waals surface area contributed by atoms with Crippen LogP contribution in [0.1, 0.15) is 30.7 Å². The lowest BCUT2D eigenvalue weighted by Crippen LogP contribution is -2.47. The second-order valence-corrected chi connectivity index (χ2v) is 5.58. The van der Waals surface area contributed by atoms with E-state index in [2.05, 4.69) is 17.0 Å². The van der Waals surface area contributed by atoms with Gasteiger partial charge in [0, 0.05) is 18.0 Å². The van der Waals surface area contributed by atoms with Crippen LogP contribution in [0.2, 0.25) is 0 Å². The Bertz CT molecular complexity index is 488. The van der Waals surface area contributed by atoms with Gasteiger partial charge in [-0.1, -0.05) is 24.6 Å². The summed E-state index contributed by atoms with van der Waals surface area (Å²) in [5, 5.41) is 0. The zero-order valence-electron chi connectivity index (χ0n) is 11.9. The van der Waals surface area contributed by atoms with Crippen molar-refractivity contribution in [2.24, 2.45) is 0 Å². The maximum absolute atomic E-state index is 11.9. The third kappa shape index (κ3) is 2.52. The first-order valence-corrected chi connectivity index (χ1v) is 7.33. The molecular formula is C16H21NO3. The number of ether oxygens (including phenoxy) is 2. The lowest BCUT2D eigenvalue weighted by molar-refractivity contribution is -0.148. The van der Waals surface area contributed by atoms with Crippen LogP contribution in [0.5, 0.6) is 5.75 Å². The van der Waals surface area contributed by atoms with Crippen molar-refractivity contribution in [1.82, 2.24) is 4.90 Å². The number of esters is 1. The molecule has 0 bridgehead atoms. The molecule has 1 fully saturated rings. The standard InChI is InChI=1S/C16H21NO3/c1-19-16(18)14-7-4-5-9-17(14)10-12-11-20-15-8-3-2-6-13(12)15/h2-3,6,8,12,14H,4-5,7,9-11H2,1H3/t12?,14-/m1/s1. The summed E-state index contributed by atoms with van der Waals surface area (Å²) in [6.07, 6.45) is 3.17. The molecule has 2 atom stereocenters. The Morgan fingerprint density at radius 2 is 2.25 bits per heavy atom. The van der Waals surface area contributed by atoms with E-state index in [1.165, 1.54) is 12.7 Å². The number of nitrogens with zero attached hydrogens (tertiary/aromatic N) is 1. The number of fused-ring (bicyclic) bond motifs is 1. The van der Waals surface area contributed by atoms with Crippen molar-refractivity contribution in [3.8, 4) is 5.75 Å². The van der Waals surface area contributed by atoms with Crippen LogP contribution in [0.15, 0.2) is 24.3 Å². The summed E-state index contributed by atoms with van der Waals surface area (Å²) in [5.74, 6) is 1.25. The highest BCUT2D eigenvalue weighted by Crippen LogP contribution is 2.35. The van der Waals surface area contributed by atoms with Gasteiger partial charge in [-0.15, -0.1) is 0 Å². The summed E-state index contributed by atoms with van der Waals surface area (Å²) in [4.78, 5) is 14.2. The van der Waals surface area contributed by atoms with Crippen LogP contribution in [-0.4, -0.2) is 43.7 Å². The molecule has 4 nitrogen and oxygen atoms in total. The van der Waals surface area contributed by atoms with E-state index in [4.69, 9.17) is 9.47 Å². The lowest BCUT2D eigenvalue weighted by atomic mass is 9.96. The number of carbonyl (C=O) groups excluding carboxylic acids is 1. The third-order valence-electron chi connectivity index (χ3n) is 4.34. The molecule has 0 saturated carbocycles. The highest BCUT2D eigenvalue weighted by molar-refractivity contribution is 5.75. The maximum Gasteiger partial charge on any atom is 0.323 e. The number of methoxy groups -OCH3 is 1. The first-order chi connectivity index (χ1) is 9.79. The van der Waals surface area contributed by atoms with Gasteiger partial charge < -0.3 is 9.47 Å². The number of benzene rings is 1. The Morgan fingerprint density at radius 1 is 1.40 bits per heavy atom. The lowest BCUT2D eigenvalue weighted by Gasteiger charge is -2.35. The molecule has 3 rings (SSSR count). The molecule has 1 saturated heterocycles. The largest absolute Gasteiger partial charge is 0.493 e. The van der Waals surface area contributed by atoms with Gasteiger partial charge in [0.1, 0.15) is 11.8 Å². The van der Waals surface area contributed by atoms with Gasteiger partial charge in [-0.2, -0.15) is 0 Å². The number of likely N-dealkylation sites (tertiary alicyclic amines) is 1. The summed E-state index contributed by atoms with van der Waals surface area (Å²) < 4.78 is 10.7. The van der Waals surface area contributed by atoms with Crippen LogP contribution in [0, 0.1) is 0 Å². The molecule has 0 aliphatic carbocycles. The molecule has 0 N–H and O–H groups in total.